The summed E-state index contributed by atoms with van der Waals surface area (Å²) in [6.45, 7) is 7.66. The second-order valence-corrected chi connectivity index (χ2v) is 9.91. The van der Waals surface area contributed by atoms with Gasteiger partial charge in [-0.2, -0.15) is 14.0 Å². The number of fused-ring (bicyclic) bond motifs is 1. The van der Waals surface area contributed by atoms with E-state index in [2.05, 4.69) is 37.7 Å². The van der Waals surface area contributed by atoms with Crippen LogP contribution in [-0.2, 0) is 19.6 Å². The second-order valence-electron chi connectivity index (χ2n) is 9.91. The van der Waals surface area contributed by atoms with Crippen molar-refractivity contribution < 1.29 is 18.3 Å². The molecule has 2 aliphatic heterocycles. The molecule has 3 aromatic rings. The fraction of sp³-hybridized carbons (Fsp3) is 0.345. The van der Waals surface area contributed by atoms with Crippen LogP contribution in [0.3, 0.4) is 0 Å². The van der Waals surface area contributed by atoms with E-state index < -0.39 is 6.11 Å². The lowest BCUT2D eigenvalue weighted by molar-refractivity contribution is -0.158. The number of nitriles is 1. The summed E-state index contributed by atoms with van der Waals surface area (Å²) in [5.74, 6) is 0.818. The number of carbonyl (C=O) groups is 1. The Morgan fingerprint density at radius 3 is 2.47 bits per heavy atom. The van der Waals surface area contributed by atoms with Crippen LogP contribution >= 0.6 is 0 Å². The van der Waals surface area contributed by atoms with Gasteiger partial charge in [0.05, 0.1) is 5.56 Å². The van der Waals surface area contributed by atoms with Crippen LogP contribution in [-0.4, -0.2) is 53.0 Å². The Morgan fingerprint density at radius 2 is 1.79 bits per heavy atom. The van der Waals surface area contributed by atoms with Gasteiger partial charge in [0, 0.05) is 64.5 Å². The number of amides is 1. The van der Waals surface area contributed by atoms with Gasteiger partial charge >= 0.3 is 6.11 Å². The highest BCUT2D eigenvalue weighted by Crippen LogP contribution is 2.30. The van der Waals surface area contributed by atoms with E-state index in [9.17, 15) is 18.8 Å². The third-order valence-corrected chi connectivity index (χ3v) is 6.92. The van der Waals surface area contributed by atoms with E-state index in [0.717, 1.165) is 60.8 Å². The molecular weight excluding hydrogens is 488 g/mol. The van der Waals surface area contributed by atoms with Gasteiger partial charge in [0.2, 0.25) is 0 Å². The molecule has 7 nitrogen and oxygen atoms in total. The predicted octanol–water partition coefficient (Wildman–Crippen LogP) is 4.73. The van der Waals surface area contributed by atoms with Crippen molar-refractivity contribution in [3.63, 3.8) is 0 Å². The van der Waals surface area contributed by atoms with Gasteiger partial charge in [-0.1, -0.05) is 24.3 Å². The minimum Gasteiger partial charge on any atom is -0.433 e. The average molecular weight is 518 g/mol. The molecule has 0 spiro atoms. The van der Waals surface area contributed by atoms with Gasteiger partial charge in [-0.25, -0.2) is 4.98 Å². The average Bonchev–Trinajstić information content (AvgIpc) is 3.20. The van der Waals surface area contributed by atoms with E-state index in [-0.39, 0.29) is 11.7 Å². The maximum atomic E-state index is 13.2. The van der Waals surface area contributed by atoms with Crippen molar-refractivity contribution in [3.05, 3.63) is 88.1 Å². The molecule has 0 unspecified atom stereocenters. The number of benzene rings is 2. The summed E-state index contributed by atoms with van der Waals surface area (Å²) in [6.07, 6.45) is -1.52. The molecule has 1 saturated heterocycles. The predicted molar refractivity (Wildman–Crippen MR) is 139 cm³/mol. The molecule has 196 valence electrons. The summed E-state index contributed by atoms with van der Waals surface area (Å²) in [6, 6.07) is 16.4. The number of rotatable bonds is 7. The first-order chi connectivity index (χ1) is 18.2. The third kappa shape index (κ3) is 5.60. The molecule has 0 saturated carbocycles. The van der Waals surface area contributed by atoms with Gasteiger partial charge in [-0.05, 0) is 53.4 Å². The molecule has 1 aromatic heterocycles. The van der Waals surface area contributed by atoms with E-state index in [1.807, 2.05) is 6.92 Å². The molecule has 0 bridgehead atoms. The van der Waals surface area contributed by atoms with Gasteiger partial charge in [-0.3, -0.25) is 9.69 Å². The van der Waals surface area contributed by atoms with Crippen LogP contribution in [0.1, 0.15) is 45.1 Å². The number of carbonyl (C=O) groups excluding carboxylic acids is 1. The van der Waals surface area contributed by atoms with Crippen LogP contribution in [0.15, 0.2) is 54.7 Å². The fourth-order valence-electron chi connectivity index (χ4n) is 5.23. The summed E-state index contributed by atoms with van der Waals surface area (Å²) in [7, 11) is 0. The van der Waals surface area contributed by atoms with Crippen molar-refractivity contribution in [1.82, 2.24) is 14.8 Å². The zero-order valence-electron chi connectivity index (χ0n) is 21.5. The van der Waals surface area contributed by atoms with E-state index >= 15 is 0 Å². The fourth-order valence-corrected chi connectivity index (χ4v) is 5.23. The highest BCUT2D eigenvalue weighted by Gasteiger charge is 2.30. The first-order valence-electron chi connectivity index (χ1n) is 12.6. The summed E-state index contributed by atoms with van der Waals surface area (Å²) in [5, 5.41) is 9.38. The van der Waals surface area contributed by atoms with Crippen LogP contribution in [0.4, 0.5) is 14.6 Å². The Kier molecular flexibility index (Phi) is 7.00. The van der Waals surface area contributed by atoms with Crippen LogP contribution in [0.5, 0.6) is 5.75 Å². The molecule has 0 N–H and O–H groups in total. The van der Waals surface area contributed by atoms with Crippen molar-refractivity contribution in [2.24, 2.45) is 0 Å². The van der Waals surface area contributed by atoms with Gasteiger partial charge < -0.3 is 14.5 Å². The Balaban J connectivity index is 1.21. The van der Waals surface area contributed by atoms with Crippen molar-refractivity contribution in [1.29, 1.82) is 5.26 Å². The lowest BCUT2D eigenvalue weighted by Gasteiger charge is -2.35. The Labute approximate surface area is 220 Å². The molecule has 0 radical (unpaired) electrons. The van der Waals surface area contributed by atoms with Gasteiger partial charge in [-0.15, -0.1) is 0 Å². The smallest absolute Gasteiger partial charge is 0.394 e. The molecule has 38 heavy (non-hydrogen) atoms. The van der Waals surface area contributed by atoms with Gasteiger partial charge in [0.25, 0.3) is 5.91 Å². The topological polar surface area (TPSA) is 72.7 Å². The summed E-state index contributed by atoms with van der Waals surface area (Å²) in [4.78, 5) is 23.9. The zero-order chi connectivity index (χ0) is 26.9. The van der Waals surface area contributed by atoms with Gasteiger partial charge in [0.1, 0.15) is 17.6 Å². The number of hydrogen-bond acceptors (Lipinski definition) is 6. The SMILES string of the molecule is Cc1cc(CN2CCN(c3ncccc3C#N)CC2)cc2c1C(=O)N(Cc1ccc(OC(C)(F)F)cc1)C2. The van der Waals surface area contributed by atoms with Crippen molar-refractivity contribution in [2.45, 2.75) is 39.6 Å². The van der Waals surface area contributed by atoms with Crippen molar-refractivity contribution in [3.8, 4) is 11.8 Å². The van der Waals surface area contributed by atoms with E-state index in [1.54, 1.807) is 35.4 Å². The number of ether oxygens (including phenoxy) is 1. The van der Waals surface area contributed by atoms with Crippen LogP contribution < -0.4 is 9.64 Å². The lowest BCUT2D eigenvalue weighted by Crippen LogP contribution is -2.46. The zero-order valence-corrected chi connectivity index (χ0v) is 21.5. The van der Waals surface area contributed by atoms with Crippen LogP contribution in [0.2, 0.25) is 0 Å². The maximum Gasteiger partial charge on any atom is 0.394 e. The molecular formula is C29H29F2N5O2. The maximum absolute atomic E-state index is 13.2. The third-order valence-electron chi connectivity index (χ3n) is 6.92. The molecule has 0 atom stereocenters. The first-order valence-corrected chi connectivity index (χ1v) is 12.6. The van der Waals surface area contributed by atoms with E-state index in [4.69, 9.17) is 0 Å². The number of piperazine rings is 1. The number of alkyl halides is 2. The minimum atomic E-state index is -3.24. The lowest BCUT2D eigenvalue weighted by atomic mass is 10.00. The minimum absolute atomic E-state index is 0.0123. The summed E-state index contributed by atoms with van der Waals surface area (Å²) < 4.78 is 30.8. The van der Waals surface area contributed by atoms with Gasteiger partial charge in [0.15, 0.2) is 0 Å². The normalized spacial score (nSPS) is 15.9. The number of anilines is 1. The molecule has 3 heterocycles. The molecule has 1 amide bonds. The quantitative estimate of drug-likeness (QED) is 0.451. The van der Waals surface area contributed by atoms with E-state index in [1.165, 1.54) is 17.7 Å². The highest BCUT2D eigenvalue weighted by molar-refractivity contribution is 5.99. The molecule has 1 fully saturated rings. The molecule has 2 aliphatic rings. The van der Waals surface area contributed by atoms with Crippen molar-refractivity contribution >= 4 is 11.7 Å². The largest absolute Gasteiger partial charge is 0.433 e. The number of nitrogens with zero attached hydrogens (tertiary/aromatic N) is 5. The number of pyridine rings is 1. The molecule has 2 aromatic carbocycles. The molecule has 5 rings (SSSR count). The Hall–Kier alpha value is -4.03. The van der Waals surface area contributed by atoms with Crippen molar-refractivity contribution in [2.75, 3.05) is 31.1 Å². The number of halogens is 2. The Bertz CT molecular complexity index is 1370. The number of aryl methyl sites for hydroxylation is 1. The standard InChI is InChI=1S/C29H29F2N5O2/c1-20-14-22(17-34-10-12-35(13-11-34)27-23(16-32)4-3-9-33-27)15-24-19-36(28(37)26(20)24)18-21-5-7-25(8-6-21)38-29(2,30)31/h3-9,14-15H,10-13,17-19H2,1-2H3. The highest BCUT2D eigenvalue weighted by atomic mass is 19.3. The second kappa shape index (κ2) is 10.4. The molecule has 0 aliphatic carbocycles. The Morgan fingerprint density at radius 1 is 1.05 bits per heavy atom. The summed E-state index contributed by atoms with van der Waals surface area (Å²) >= 11 is 0. The molecule has 9 heteroatoms. The first kappa shape index (κ1) is 25.6. The summed E-state index contributed by atoms with van der Waals surface area (Å²) in [5.41, 5.74) is 5.34. The van der Waals surface area contributed by atoms with E-state index in [0.29, 0.717) is 25.6 Å². The number of aromatic nitrogens is 1. The number of hydrogen-bond donors (Lipinski definition) is 0. The monoisotopic (exact) mass is 517 g/mol. The van der Waals surface area contributed by atoms with Crippen LogP contribution in [0, 0.1) is 18.3 Å². The van der Waals surface area contributed by atoms with Crippen LogP contribution in [0.25, 0.3) is 0 Å².